The van der Waals surface area contributed by atoms with Crippen molar-refractivity contribution in [3.05, 3.63) is 45.1 Å². The summed E-state index contributed by atoms with van der Waals surface area (Å²) in [5.74, 6) is -0.546. The molecule has 0 aromatic heterocycles. The Morgan fingerprint density at radius 1 is 1.36 bits per heavy atom. The first-order chi connectivity index (χ1) is 6.56. The molecule has 0 spiro atoms. The summed E-state index contributed by atoms with van der Waals surface area (Å²) in [6.45, 7) is 0. The van der Waals surface area contributed by atoms with Crippen LogP contribution in [-0.4, -0.2) is 10.9 Å². The van der Waals surface area contributed by atoms with Gasteiger partial charge in [-0.1, -0.05) is 34.8 Å². The van der Waals surface area contributed by atoms with E-state index in [9.17, 15) is 4.79 Å². The Labute approximate surface area is 95.7 Å². The van der Waals surface area contributed by atoms with Crippen molar-refractivity contribution in [2.24, 2.45) is 0 Å². The number of aliphatic hydroxyl groups is 1. The van der Waals surface area contributed by atoms with Crippen LogP contribution in [0.3, 0.4) is 0 Å². The molecule has 74 valence electrons. The molecule has 0 atom stereocenters. The number of allylic oxidation sites excluding steroid dienone is 1. The lowest BCUT2D eigenvalue weighted by Gasteiger charge is -2.01. The Bertz CT molecular complexity index is 399. The molecule has 0 heterocycles. The van der Waals surface area contributed by atoms with E-state index < -0.39 is 5.78 Å². The predicted octanol–water partition coefficient (Wildman–Crippen LogP) is 3.81. The fourth-order valence-corrected chi connectivity index (χ4v) is 1.46. The normalized spacial score (nSPS) is 11.5. The maximum Gasteiger partial charge on any atom is 0.208 e. The summed E-state index contributed by atoms with van der Waals surface area (Å²) in [5.41, 5.74) is 0.200. The first-order valence-electron chi connectivity index (χ1n) is 3.56. The molecule has 5 heteroatoms. The minimum absolute atomic E-state index is 0.197. The van der Waals surface area contributed by atoms with Crippen LogP contribution in [0.25, 0.3) is 0 Å². The number of hydrogen-bond acceptors (Lipinski definition) is 2. The highest BCUT2D eigenvalue weighted by Gasteiger charge is 2.13. The van der Waals surface area contributed by atoms with Crippen molar-refractivity contribution in [2.45, 2.75) is 0 Å². The van der Waals surface area contributed by atoms with Crippen LogP contribution in [0.15, 0.2) is 29.5 Å². The monoisotopic (exact) mass is 250 g/mol. The molecule has 0 aliphatic carbocycles. The molecule has 0 fully saturated rings. The zero-order valence-corrected chi connectivity index (χ0v) is 9.07. The lowest BCUT2D eigenvalue weighted by Crippen LogP contribution is -1.99. The van der Waals surface area contributed by atoms with Crippen LogP contribution in [0.2, 0.25) is 10.0 Å². The van der Waals surface area contributed by atoms with Gasteiger partial charge in [0.25, 0.3) is 0 Å². The van der Waals surface area contributed by atoms with Gasteiger partial charge in [0.2, 0.25) is 5.78 Å². The molecule has 14 heavy (non-hydrogen) atoms. The molecule has 0 aliphatic rings. The van der Waals surface area contributed by atoms with E-state index in [1.165, 1.54) is 18.2 Å². The average molecular weight is 251 g/mol. The van der Waals surface area contributed by atoms with Crippen molar-refractivity contribution in [1.82, 2.24) is 0 Å². The van der Waals surface area contributed by atoms with Crippen LogP contribution in [0.1, 0.15) is 10.4 Å². The van der Waals surface area contributed by atoms with Gasteiger partial charge in [-0.15, -0.1) is 0 Å². The van der Waals surface area contributed by atoms with Gasteiger partial charge < -0.3 is 5.11 Å². The molecule has 1 aromatic carbocycles. The zero-order chi connectivity index (χ0) is 10.7. The van der Waals surface area contributed by atoms with Crippen LogP contribution in [-0.2, 0) is 0 Å². The quantitative estimate of drug-likeness (QED) is 0.493. The summed E-state index contributed by atoms with van der Waals surface area (Å²) in [7, 11) is 0. The molecule has 1 rings (SSSR count). The minimum Gasteiger partial charge on any atom is -0.514 e. The highest BCUT2D eigenvalue weighted by Crippen LogP contribution is 2.24. The van der Waals surface area contributed by atoms with E-state index in [1.807, 2.05) is 0 Å². The molecule has 0 unspecified atom stereocenters. The van der Waals surface area contributed by atoms with Gasteiger partial charge in [0, 0.05) is 10.6 Å². The molecule has 1 aromatic rings. The Hall–Kier alpha value is -0.700. The summed E-state index contributed by atoms with van der Waals surface area (Å²) < 4.78 is 0. The predicted molar refractivity (Wildman–Crippen MR) is 57.4 cm³/mol. The van der Waals surface area contributed by atoms with Gasteiger partial charge in [0.05, 0.1) is 5.02 Å². The van der Waals surface area contributed by atoms with E-state index in [4.69, 9.17) is 39.9 Å². The standard InChI is InChI=1S/C9H5Cl3O2/c10-5-1-2-6(7(11)3-5)9(14)8(12)4-13/h1-4,13H/b8-4-. The number of hydrogen-bond donors (Lipinski definition) is 1. The second-order valence-electron chi connectivity index (χ2n) is 2.43. The molecule has 2 nitrogen and oxygen atoms in total. The number of carbonyl (C=O) groups is 1. The van der Waals surface area contributed by atoms with Crippen LogP contribution in [0, 0.1) is 0 Å². The fraction of sp³-hybridized carbons (Fsp3) is 0. The lowest BCUT2D eigenvalue weighted by molar-refractivity contribution is 0.104. The van der Waals surface area contributed by atoms with Crippen molar-refractivity contribution < 1.29 is 9.90 Å². The van der Waals surface area contributed by atoms with Gasteiger partial charge in [0.1, 0.15) is 11.3 Å². The molecule has 0 saturated carbocycles. The second-order valence-corrected chi connectivity index (χ2v) is 3.68. The van der Waals surface area contributed by atoms with Crippen molar-refractivity contribution in [3.63, 3.8) is 0 Å². The summed E-state index contributed by atoms with van der Waals surface area (Å²) in [6, 6.07) is 4.39. The first-order valence-corrected chi connectivity index (χ1v) is 4.69. The Kier molecular flexibility index (Phi) is 3.81. The van der Waals surface area contributed by atoms with E-state index in [1.54, 1.807) is 0 Å². The molecular weight excluding hydrogens is 246 g/mol. The van der Waals surface area contributed by atoms with Crippen molar-refractivity contribution in [3.8, 4) is 0 Å². The molecule has 0 saturated heterocycles. The number of halogens is 3. The number of ketones is 1. The molecule has 0 aliphatic heterocycles. The topological polar surface area (TPSA) is 37.3 Å². The molecule has 0 bridgehead atoms. The maximum absolute atomic E-state index is 11.4. The summed E-state index contributed by atoms with van der Waals surface area (Å²) in [6.07, 6.45) is 0.523. The SMILES string of the molecule is O=C(/C(Cl)=C/O)c1ccc(Cl)cc1Cl. The maximum atomic E-state index is 11.4. The molecule has 1 N–H and O–H groups in total. The van der Waals surface area contributed by atoms with E-state index in [0.717, 1.165) is 0 Å². The third kappa shape index (κ3) is 2.41. The third-order valence-corrected chi connectivity index (χ3v) is 2.32. The van der Waals surface area contributed by atoms with Crippen molar-refractivity contribution in [1.29, 1.82) is 0 Å². The summed E-state index contributed by atoms with van der Waals surface area (Å²) >= 11 is 16.8. The molecular formula is C9H5Cl3O2. The van der Waals surface area contributed by atoms with Gasteiger partial charge in [-0.25, -0.2) is 0 Å². The number of rotatable bonds is 2. The van der Waals surface area contributed by atoms with Gasteiger partial charge in [0.15, 0.2) is 0 Å². The largest absolute Gasteiger partial charge is 0.514 e. The van der Waals surface area contributed by atoms with E-state index >= 15 is 0 Å². The Morgan fingerprint density at radius 3 is 2.50 bits per heavy atom. The number of Topliss-reactive ketones (excluding diaryl/α,β-unsaturated/α-hetero) is 1. The Balaban J connectivity index is 3.14. The Morgan fingerprint density at radius 2 is 2.00 bits per heavy atom. The third-order valence-electron chi connectivity index (χ3n) is 1.51. The van der Waals surface area contributed by atoms with Crippen molar-refractivity contribution >= 4 is 40.6 Å². The van der Waals surface area contributed by atoms with Crippen LogP contribution in [0.4, 0.5) is 0 Å². The van der Waals surface area contributed by atoms with Crippen LogP contribution >= 0.6 is 34.8 Å². The van der Waals surface area contributed by atoms with E-state index in [2.05, 4.69) is 0 Å². The van der Waals surface area contributed by atoms with Crippen molar-refractivity contribution in [2.75, 3.05) is 0 Å². The van der Waals surface area contributed by atoms with Gasteiger partial charge in [-0.2, -0.15) is 0 Å². The highest BCUT2D eigenvalue weighted by atomic mass is 35.5. The molecule has 0 radical (unpaired) electrons. The van der Waals surface area contributed by atoms with Crippen LogP contribution in [0.5, 0.6) is 0 Å². The van der Waals surface area contributed by atoms with Gasteiger partial charge in [-0.3, -0.25) is 4.79 Å². The smallest absolute Gasteiger partial charge is 0.208 e. The van der Waals surface area contributed by atoms with E-state index in [0.29, 0.717) is 11.3 Å². The number of aliphatic hydroxyl groups excluding tert-OH is 1. The highest BCUT2D eigenvalue weighted by molar-refractivity contribution is 6.47. The minimum atomic E-state index is -0.546. The number of carbonyl (C=O) groups excluding carboxylic acids is 1. The fourth-order valence-electron chi connectivity index (χ4n) is 0.861. The van der Waals surface area contributed by atoms with Gasteiger partial charge in [-0.05, 0) is 18.2 Å². The second kappa shape index (κ2) is 4.69. The lowest BCUT2D eigenvalue weighted by atomic mass is 10.1. The van der Waals surface area contributed by atoms with Gasteiger partial charge >= 0.3 is 0 Å². The van der Waals surface area contributed by atoms with Crippen LogP contribution < -0.4 is 0 Å². The number of benzene rings is 1. The summed E-state index contributed by atoms with van der Waals surface area (Å²) in [5, 5.41) is 8.85. The summed E-state index contributed by atoms with van der Waals surface area (Å²) in [4.78, 5) is 11.4. The first kappa shape index (κ1) is 11.4. The molecule has 0 amide bonds. The average Bonchev–Trinajstić information content (AvgIpc) is 2.15. The zero-order valence-electron chi connectivity index (χ0n) is 6.80. The van der Waals surface area contributed by atoms with E-state index in [-0.39, 0.29) is 15.6 Å².